The number of aliphatic hydroxyl groups is 1. The van der Waals surface area contributed by atoms with E-state index in [0.717, 1.165) is 31.0 Å². The molecule has 0 aliphatic carbocycles. The highest BCUT2D eigenvalue weighted by Crippen LogP contribution is 2.23. The van der Waals surface area contributed by atoms with Crippen molar-refractivity contribution >= 4 is 5.82 Å². The van der Waals surface area contributed by atoms with Gasteiger partial charge in [-0.2, -0.15) is 0 Å². The van der Waals surface area contributed by atoms with Crippen LogP contribution in [0.1, 0.15) is 25.6 Å². The summed E-state index contributed by atoms with van der Waals surface area (Å²) in [5, 5.41) is 9.99. The first-order valence-corrected chi connectivity index (χ1v) is 5.34. The highest BCUT2D eigenvalue weighted by atomic mass is 16.3. The van der Waals surface area contributed by atoms with Crippen molar-refractivity contribution in [1.29, 1.82) is 0 Å². The topological polar surface area (TPSA) is 49.2 Å². The Balaban J connectivity index is 2.17. The molecule has 1 fully saturated rings. The highest BCUT2D eigenvalue weighted by molar-refractivity contribution is 5.38. The second-order valence-corrected chi connectivity index (χ2v) is 4.48. The minimum atomic E-state index is -0.586. The quantitative estimate of drug-likeness (QED) is 0.750. The molecule has 0 amide bonds. The summed E-state index contributed by atoms with van der Waals surface area (Å²) < 4.78 is 0. The highest BCUT2D eigenvalue weighted by Gasteiger charge is 2.28. The molecule has 1 N–H and O–H groups in total. The molecule has 1 unspecified atom stereocenters. The lowest BCUT2D eigenvalue weighted by molar-refractivity contribution is 0.0447. The number of β-amino-alcohol motifs (C(OH)–C–C–N with tert-alkyl or cyclic N) is 1. The zero-order valence-corrected chi connectivity index (χ0v) is 9.27. The first-order chi connectivity index (χ1) is 7.07. The van der Waals surface area contributed by atoms with Gasteiger partial charge in [0.2, 0.25) is 0 Å². The van der Waals surface area contributed by atoms with E-state index in [1.54, 1.807) is 6.20 Å². The summed E-state index contributed by atoms with van der Waals surface area (Å²) in [6.45, 7) is 5.38. The number of piperidine rings is 1. The molecular weight excluding hydrogens is 190 g/mol. The van der Waals surface area contributed by atoms with Gasteiger partial charge in [0.15, 0.2) is 0 Å². The maximum absolute atomic E-state index is 9.99. The van der Waals surface area contributed by atoms with Gasteiger partial charge in [-0.15, -0.1) is 0 Å². The Morgan fingerprint density at radius 1 is 1.53 bits per heavy atom. The normalized spacial score (nSPS) is 26.7. The zero-order chi connectivity index (χ0) is 10.9. The fourth-order valence-corrected chi connectivity index (χ4v) is 2.04. The average Bonchev–Trinajstić information content (AvgIpc) is 2.16. The van der Waals surface area contributed by atoms with Crippen LogP contribution in [0.2, 0.25) is 0 Å². The molecule has 15 heavy (non-hydrogen) atoms. The van der Waals surface area contributed by atoms with Gasteiger partial charge in [0, 0.05) is 19.3 Å². The van der Waals surface area contributed by atoms with Crippen molar-refractivity contribution in [2.24, 2.45) is 0 Å². The van der Waals surface area contributed by atoms with Crippen molar-refractivity contribution < 1.29 is 5.11 Å². The van der Waals surface area contributed by atoms with Crippen LogP contribution in [-0.2, 0) is 0 Å². The van der Waals surface area contributed by atoms with Gasteiger partial charge in [0.25, 0.3) is 0 Å². The summed E-state index contributed by atoms with van der Waals surface area (Å²) in [6, 6.07) is 1.90. The van der Waals surface area contributed by atoms with Crippen LogP contribution in [0.15, 0.2) is 12.3 Å². The Hall–Kier alpha value is -1.16. The third-order valence-electron chi connectivity index (χ3n) is 2.76. The molecule has 0 spiro atoms. The molecular formula is C11H17N3O. The number of hydrogen-bond donors (Lipinski definition) is 1. The number of hydrogen-bond acceptors (Lipinski definition) is 4. The largest absolute Gasteiger partial charge is 0.388 e. The predicted molar refractivity (Wildman–Crippen MR) is 58.8 cm³/mol. The maximum Gasteiger partial charge on any atom is 0.132 e. The third kappa shape index (κ3) is 2.45. The van der Waals surface area contributed by atoms with E-state index < -0.39 is 5.60 Å². The summed E-state index contributed by atoms with van der Waals surface area (Å²) in [5.41, 5.74) is -0.586. The molecule has 1 saturated heterocycles. The van der Waals surface area contributed by atoms with Crippen molar-refractivity contribution in [1.82, 2.24) is 9.97 Å². The van der Waals surface area contributed by atoms with Gasteiger partial charge in [-0.3, -0.25) is 0 Å². The maximum atomic E-state index is 9.99. The first kappa shape index (κ1) is 10.4. The van der Waals surface area contributed by atoms with Crippen LogP contribution in [0, 0.1) is 6.92 Å². The lowest BCUT2D eigenvalue weighted by atomic mass is 9.95. The fourth-order valence-electron chi connectivity index (χ4n) is 2.04. The molecule has 4 nitrogen and oxygen atoms in total. The standard InChI is InChI=1S/C11H17N3O/c1-9-12-6-4-10(13-9)14-7-3-5-11(2,15)8-14/h4,6,15H,3,5,7-8H2,1-2H3. The van der Waals surface area contributed by atoms with E-state index in [-0.39, 0.29) is 0 Å². The molecule has 0 saturated carbocycles. The van der Waals surface area contributed by atoms with Crippen LogP contribution < -0.4 is 4.90 Å². The molecule has 2 heterocycles. The van der Waals surface area contributed by atoms with E-state index in [1.807, 2.05) is 19.9 Å². The van der Waals surface area contributed by atoms with Crippen LogP contribution in [0.5, 0.6) is 0 Å². The Labute approximate surface area is 90.0 Å². The van der Waals surface area contributed by atoms with Crippen molar-refractivity contribution in [3.05, 3.63) is 18.1 Å². The number of anilines is 1. The number of aryl methyl sites for hydroxylation is 1. The Morgan fingerprint density at radius 3 is 3.00 bits per heavy atom. The lowest BCUT2D eigenvalue weighted by Gasteiger charge is -2.37. The van der Waals surface area contributed by atoms with E-state index in [2.05, 4.69) is 14.9 Å². The minimum absolute atomic E-state index is 0.586. The minimum Gasteiger partial charge on any atom is -0.388 e. The van der Waals surface area contributed by atoms with Gasteiger partial charge in [-0.05, 0) is 32.8 Å². The van der Waals surface area contributed by atoms with E-state index in [1.165, 1.54) is 0 Å². The van der Waals surface area contributed by atoms with E-state index >= 15 is 0 Å². The third-order valence-corrected chi connectivity index (χ3v) is 2.76. The summed E-state index contributed by atoms with van der Waals surface area (Å²) in [7, 11) is 0. The molecule has 2 rings (SSSR count). The summed E-state index contributed by atoms with van der Waals surface area (Å²) in [5.74, 6) is 1.69. The summed E-state index contributed by atoms with van der Waals surface area (Å²) in [4.78, 5) is 10.6. The molecule has 1 aliphatic rings. The van der Waals surface area contributed by atoms with Gasteiger partial charge in [-0.25, -0.2) is 9.97 Å². The van der Waals surface area contributed by atoms with Crippen molar-refractivity contribution in [2.45, 2.75) is 32.3 Å². The van der Waals surface area contributed by atoms with Gasteiger partial charge < -0.3 is 10.0 Å². The SMILES string of the molecule is Cc1nccc(N2CCCC(C)(O)C2)n1. The van der Waals surface area contributed by atoms with Gasteiger partial charge in [0.1, 0.15) is 11.6 Å². The van der Waals surface area contributed by atoms with E-state index in [0.29, 0.717) is 6.54 Å². The second-order valence-electron chi connectivity index (χ2n) is 4.48. The number of rotatable bonds is 1. The summed E-state index contributed by atoms with van der Waals surface area (Å²) in [6.07, 6.45) is 3.64. The van der Waals surface area contributed by atoms with Gasteiger partial charge in [0.05, 0.1) is 5.60 Å². The Kier molecular flexibility index (Phi) is 2.61. The molecule has 1 aliphatic heterocycles. The smallest absolute Gasteiger partial charge is 0.132 e. The zero-order valence-electron chi connectivity index (χ0n) is 9.27. The predicted octanol–water partition coefficient (Wildman–Crippen LogP) is 1.14. The molecule has 0 aromatic carbocycles. The van der Waals surface area contributed by atoms with Crippen molar-refractivity contribution in [3.8, 4) is 0 Å². The molecule has 1 aromatic rings. The average molecular weight is 207 g/mol. The molecule has 1 atom stereocenters. The molecule has 0 radical (unpaired) electrons. The van der Waals surface area contributed by atoms with Crippen LogP contribution in [0.4, 0.5) is 5.82 Å². The first-order valence-electron chi connectivity index (χ1n) is 5.34. The van der Waals surface area contributed by atoms with Crippen molar-refractivity contribution in [2.75, 3.05) is 18.0 Å². The van der Waals surface area contributed by atoms with Crippen molar-refractivity contribution in [3.63, 3.8) is 0 Å². The summed E-state index contributed by atoms with van der Waals surface area (Å²) >= 11 is 0. The number of aromatic nitrogens is 2. The molecule has 82 valence electrons. The monoisotopic (exact) mass is 207 g/mol. The molecule has 1 aromatic heterocycles. The van der Waals surface area contributed by atoms with E-state index in [4.69, 9.17) is 0 Å². The van der Waals surface area contributed by atoms with Crippen LogP contribution in [0.25, 0.3) is 0 Å². The number of nitrogens with zero attached hydrogens (tertiary/aromatic N) is 3. The Bertz CT molecular complexity index is 351. The van der Waals surface area contributed by atoms with E-state index in [9.17, 15) is 5.11 Å². The lowest BCUT2D eigenvalue weighted by Crippen LogP contribution is -2.46. The fraction of sp³-hybridized carbons (Fsp3) is 0.636. The van der Waals surface area contributed by atoms with Crippen LogP contribution >= 0.6 is 0 Å². The molecule has 4 heteroatoms. The molecule has 0 bridgehead atoms. The van der Waals surface area contributed by atoms with Crippen LogP contribution in [-0.4, -0.2) is 33.8 Å². The van der Waals surface area contributed by atoms with Crippen LogP contribution in [0.3, 0.4) is 0 Å². The Morgan fingerprint density at radius 2 is 2.33 bits per heavy atom. The van der Waals surface area contributed by atoms with Gasteiger partial charge in [-0.1, -0.05) is 0 Å². The second kappa shape index (κ2) is 3.77. The van der Waals surface area contributed by atoms with Gasteiger partial charge >= 0.3 is 0 Å².